The van der Waals surface area contributed by atoms with E-state index in [4.69, 9.17) is 0 Å². The molecule has 2 heterocycles. The van der Waals surface area contributed by atoms with Crippen LogP contribution >= 0.6 is 15.9 Å². The second kappa shape index (κ2) is 3.22. The largest absolute Gasteiger partial charge is 0.506 e. The van der Waals surface area contributed by atoms with Crippen LogP contribution in [0.4, 0.5) is 0 Å². The average molecular weight is 277 g/mol. The van der Waals surface area contributed by atoms with Gasteiger partial charge in [-0.25, -0.2) is 4.98 Å². The Morgan fingerprint density at radius 3 is 2.88 bits per heavy atom. The van der Waals surface area contributed by atoms with Gasteiger partial charge in [0.1, 0.15) is 16.0 Å². The summed E-state index contributed by atoms with van der Waals surface area (Å²) in [5, 5.41) is 10.9. The van der Waals surface area contributed by atoms with E-state index in [0.717, 1.165) is 26.8 Å². The number of aromatic nitrogens is 2. The molecule has 0 aliphatic heterocycles. The summed E-state index contributed by atoms with van der Waals surface area (Å²) < 4.78 is 2.80. The summed E-state index contributed by atoms with van der Waals surface area (Å²) in [6, 6.07) is 9.39. The molecule has 16 heavy (non-hydrogen) atoms. The van der Waals surface area contributed by atoms with Gasteiger partial charge < -0.3 is 5.11 Å². The first-order chi connectivity index (χ1) is 7.68. The molecular formula is C12H9BrN2O. The molecule has 2 aromatic heterocycles. The summed E-state index contributed by atoms with van der Waals surface area (Å²) in [5.74, 6) is 0.265. The molecule has 0 atom stereocenters. The van der Waals surface area contributed by atoms with E-state index in [1.165, 1.54) is 0 Å². The number of nitrogens with zero attached hydrogens (tertiary/aromatic N) is 2. The summed E-state index contributed by atoms with van der Waals surface area (Å²) >= 11 is 3.50. The van der Waals surface area contributed by atoms with Crippen molar-refractivity contribution in [3.63, 3.8) is 0 Å². The normalized spacial score (nSPS) is 11.4. The third-order valence-corrected chi connectivity index (χ3v) is 3.62. The number of pyridine rings is 1. The molecular weight excluding hydrogens is 268 g/mol. The minimum absolute atomic E-state index is 0.265. The molecule has 0 fully saturated rings. The van der Waals surface area contributed by atoms with E-state index in [0.29, 0.717) is 0 Å². The van der Waals surface area contributed by atoms with Crippen molar-refractivity contribution in [1.82, 2.24) is 9.38 Å². The van der Waals surface area contributed by atoms with Crippen molar-refractivity contribution in [3.8, 4) is 5.75 Å². The lowest BCUT2D eigenvalue weighted by Gasteiger charge is -2.04. The van der Waals surface area contributed by atoms with E-state index >= 15 is 0 Å². The molecule has 0 saturated carbocycles. The summed E-state index contributed by atoms with van der Waals surface area (Å²) in [4.78, 5) is 4.41. The van der Waals surface area contributed by atoms with Gasteiger partial charge in [-0.15, -0.1) is 0 Å². The first kappa shape index (κ1) is 9.66. The summed E-state index contributed by atoms with van der Waals surface area (Å²) in [5.41, 5.74) is 2.53. The molecule has 80 valence electrons. The molecule has 0 bridgehead atoms. The number of rotatable bonds is 0. The van der Waals surface area contributed by atoms with Crippen LogP contribution in [0, 0.1) is 6.92 Å². The number of para-hydroxylation sites is 1. The summed E-state index contributed by atoms with van der Waals surface area (Å²) in [7, 11) is 0. The first-order valence-corrected chi connectivity index (χ1v) is 5.73. The van der Waals surface area contributed by atoms with Crippen LogP contribution in [0.25, 0.3) is 16.6 Å². The van der Waals surface area contributed by atoms with Crippen molar-refractivity contribution in [2.75, 3.05) is 0 Å². The van der Waals surface area contributed by atoms with Crippen LogP contribution in [0.1, 0.15) is 5.69 Å². The van der Waals surface area contributed by atoms with Gasteiger partial charge in [0.05, 0.1) is 11.2 Å². The molecule has 3 rings (SSSR count). The number of hydrogen-bond acceptors (Lipinski definition) is 2. The van der Waals surface area contributed by atoms with Crippen LogP contribution in [0.5, 0.6) is 5.75 Å². The topological polar surface area (TPSA) is 37.5 Å². The predicted molar refractivity (Wildman–Crippen MR) is 66.8 cm³/mol. The van der Waals surface area contributed by atoms with Crippen molar-refractivity contribution in [3.05, 3.63) is 40.6 Å². The fourth-order valence-electron chi connectivity index (χ4n) is 1.95. The Balaban J connectivity index is 2.67. The third-order valence-electron chi connectivity index (χ3n) is 2.69. The monoisotopic (exact) mass is 276 g/mol. The average Bonchev–Trinajstić information content (AvgIpc) is 2.56. The Bertz CT molecular complexity index is 703. The molecule has 3 aromatic rings. The third kappa shape index (κ3) is 1.16. The molecule has 0 radical (unpaired) electrons. The van der Waals surface area contributed by atoms with Gasteiger partial charge in [-0.3, -0.25) is 4.40 Å². The van der Waals surface area contributed by atoms with Gasteiger partial charge in [-0.2, -0.15) is 0 Å². The molecule has 0 amide bonds. The summed E-state index contributed by atoms with van der Waals surface area (Å²) in [6.45, 7) is 1.93. The predicted octanol–water partition coefficient (Wildman–Crippen LogP) is 3.26. The van der Waals surface area contributed by atoms with E-state index in [1.807, 2.05) is 35.6 Å². The Morgan fingerprint density at radius 1 is 1.25 bits per heavy atom. The number of hydrogen-bond donors (Lipinski definition) is 1. The number of fused-ring (bicyclic) bond motifs is 3. The molecule has 3 nitrogen and oxygen atoms in total. The second-order valence-electron chi connectivity index (χ2n) is 3.73. The fraction of sp³-hybridized carbons (Fsp3) is 0.0833. The minimum Gasteiger partial charge on any atom is -0.506 e. The maximum Gasteiger partial charge on any atom is 0.140 e. The van der Waals surface area contributed by atoms with Crippen molar-refractivity contribution < 1.29 is 5.11 Å². The lowest BCUT2D eigenvalue weighted by molar-refractivity contribution is 0.480. The van der Waals surface area contributed by atoms with Crippen molar-refractivity contribution in [2.24, 2.45) is 0 Å². The van der Waals surface area contributed by atoms with Crippen molar-refractivity contribution in [2.45, 2.75) is 6.92 Å². The Labute approximate surface area is 100 Å². The van der Waals surface area contributed by atoms with Crippen LogP contribution in [0.2, 0.25) is 0 Å². The van der Waals surface area contributed by atoms with E-state index in [-0.39, 0.29) is 5.75 Å². The first-order valence-electron chi connectivity index (χ1n) is 4.94. The molecule has 1 N–H and O–H groups in total. The maximum atomic E-state index is 9.93. The number of aromatic hydroxyl groups is 1. The standard InChI is InChI=1S/C12H9BrN2O/c1-7-12(13)15-10(14-7)6-5-8-3-2-4-9(16)11(8)15/h2-6,16H,1H3. The van der Waals surface area contributed by atoms with Gasteiger partial charge in [0.2, 0.25) is 0 Å². The van der Waals surface area contributed by atoms with Gasteiger partial charge in [0.25, 0.3) is 0 Å². The van der Waals surface area contributed by atoms with Crippen LogP contribution in [-0.2, 0) is 0 Å². The van der Waals surface area contributed by atoms with E-state index in [1.54, 1.807) is 6.07 Å². The zero-order chi connectivity index (χ0) is 11.3. The number of phenols is 1. The van der Waals surface area contributed by atoms with Crippen molar-refractivity contribution >= 4 is 32.5 Å². The smallest absolute Gasteiger partial charge is 0.140 e. The highest BCUT2D eigenvalue weighted by Crippen LogP contribution is 2.29. The molecule has 0 aliphatic carbocycles. The van der Waals surface area contributed by atoms with E-state index < -0.39 is 0 Å². The molecule has 0 aliphatic rings. The highest BCUT2D eigenvalue weighted by Gasteiger charge is 2.10. The van der Waals surface area contributed by atoms with Gasteiger partial charge in [-0.05, 0) is 41.1 Å². The van der Waals surface area contributed by atoms with Crippen LogP contribution in [0.3, 0.4) is 0 Å². The number of benzene rings is 1. The second-order valence-corrected chi connectivity index (χ2v) is 4.48. The zero-order valence-corrected chi connectivity index (χ0v) is 10.2. The van der Waals surface area contributed by atoms with E-state index in [2.05, 4.69) is 20.9 Å². The molecule has 0 spiro atoms. The molecule has 0 unspecified atom stereocenters. The van der Waals surface area contributed by atoms with E-state index in [9.17, 15) is 5.11 Å². The highest BCUT2D eigenvalue weighted by molar-refractivity contribution is 9.10. The van der Waals surface area contributed by atoms with Gasteiger partial charge in [0, 0.05) is 5.39 Å². The lowest BCUT2D eigenvalue weighted by Crippen LogP contribution is -1.88. The minimum atomic E-state index is 0.265. The Hall–Kier alpha value is -1.55. The summed E-state index contributed by atoms with van der Waals surface area (Å²) in [6.07, 6.45) is 0. The Morgan fingerprint density at radius 2 is 2.06 bits per heavy atom. The highest BCUT2D eigenvalue weighted by atomic mass is 79.9. The molecule has 0 saturated heterocycles. The SMILES string of the molecule is Cc1nc2ccc3cccc(O)c3n2c1Br. The fourth-order valence-corrected chi connectivity index (χ4v) is 2.39. The molecule has 4 heteroatoms. The number of phenolic OH excluding ortho intramolecular Hbond substituents is 1. The van der Waals surface area contributed by atoms with Crippen molar-refractivity contribution in [1.29, 1.82) is 0 Å². The van der Waals surface area contributed by atoms with Gasteiger partial charge in [-0.1, -0.05) is 12.1 Å². The van der Waals surface area contributed by atoms with Crippen LogP contribution < -0.4 is 0 Å². The zero-order valence-electron chi connectivity index (χ0n) is 8.61. The maximum absolute atomic E-state index is 9.93. The van der Waals surface area contributed by atoms with Crippen LogP contribution in [-0.4, -0.2) is 14.5 Å². The number of aryl methyl sites for hydroxylation is 1. The lowest BCUT2D eigenvalue weighted by atomic mass is 10.2. The van der Waals surface area contributed by atoms with Crippen LogP contribution in [0.15, 0.2) is 34.9 Å². The molecule has 1 aromatic carbocycles. The number of halogens is 1. The quantitative estimate of drug-likeness (QED) is 0.684. The van der Waals surface area contributed by atoms with Gasteiger partial charge in [0.15, 0.2) is 0 Å². The van der Waals surface area contributed by atoms with Gasteiger partial charge >= 0.3 is 0 Å². The number of imidazole rings is 1. The Kier molecular flexibility index (Phi) is 1.94.